The fraction of sp³-hybridized carbons (Fsp3) is 0.471. The Morgan fingerprint density at radius 1 is 1.25 bits per heavy atom. The number of Topliss-reactive ketones (excluding diaryl/α,β-unsaturated/α-hetero) is 1. The number of hydrogen-bond donors (Lipinski definition) is 0. The molecule has 0 saturated carbocycles. The zero-order valence-electron chi connectivity index (χ0n) is 14.0. The number of amides is 1. The summed E-state index contributed by atoms with van der Waals surface area (Å²) in [5, 5.41) is 0. The molecule has 1 fully saturated rings. The van der Waals surface area contributed by atoms with E-state index in [9.17, 15) is 9.59 Å². The largest absolute Gasteiger partial charge is 0.338 e. The van der Waals surface area contributed by atoms with E-state index in [0.717, 1.165) is 19.3 Å². The standard InChI is InChI=1S/C17H21N5O2/c1-3-14-19-9-13(10-20-14)17(24)22-7-4-5-12(11-22)15(23)16-18-6-8-21(16)2/h6,8-10,12H,3-5,7,11H2,1-2H3/t12-/m0/s1. The van der Waals surface area contributed by atoms with Crippen LogP contribution >= 0.6 is 0 Å². The third-order valence-corrected chi connectivity index (χ3v) is 4.39. The number of imidazole rings is 1. The Kier molecular flexibility index (Phi) is 4.69. The molecule has 1 aliphatic rings. The van der Waals surface area contributed by atoms with Gasteiger partial charge in [-0.25, -0.2) is 15.0 Å². The Labute approximate surface area is 140 Å². The van der Waals surface area contributed by atoms with E-state index in [1.54, 1.807) is 41.3 Å². The second kappa shape index (κ2) is 6.90. The third-order valence-electron chi connectivity index (χ3n) is 4.39. The van der Waals surface area contributed by atoms with Gasteiger partial charge in [-0.2, -0.15) is 0 Å². The van der Waals surface area contributed by atoms with Crippen molar-refractivity contribution < 1.29 is 9.59 Å². The lowest BCUT2D eigenvalue weighted by atomic mass is 9.93. The molecule has 0 spiro atoms. The zero-order chi connectivity index (χ0) is 17.1. The van der Waals surface area contributed by atoms with Gasteiger partial charge in [0.2, 0.25) is 5.78 Å². The number of piperidine rings is 1. The van der Waals surface area contributed by atoms with Gasteiger partial charge in [0.1, 0.15) is 5.82 Å². The van der Waals surface area contributed by atoms with E-state index in [4.69, 9.17) is 0 Å². The van der Waals surface area contributed by atoms with E-state index >= 15 is 0 Å². The second-order valence-corrected chi connectivity index (χ2v) is 6.06. The Morgan fingerprint density at radius 2 is 2.00 bits per heavy atom. The van der Waals surface area contributed by atoms with E-state index in [1.807, 2.05) is 6.92 Å². The summed E-state index contributed by atoms with van der Waals surface area (Å²) in [6.45, 7) is 3.04. The van der Waals surface area contributed by atoms with Crippen molar-refractivity contribution >= 4 is 11.7 Å². The Balaban J connectivity index is 1.71. The quantitative estimate of drug-likeness (QED) is 0.795. The Morgan fingerprint density at radius 3 is 2.62 bits per heavy atom. The molecular formula is C17H21N5O2. The van der Waals surface area contributed by atoms with Crippen molar-refractivity contribution in [2.75, 3.05) is 13.1 Å². The summed E-state index contributed by atoms with van der Waals surface area (Å²) in [7, 11) is 1.80. The maximum absolute atomic E-state index is 12.6. The molecule has 126 valence electrons. The number of carbonyl (C=O) groups excluding carboxylic acids is 2. The van der Waals surface area contributed by atoms with Crippen molar-refractivity contribution in [3.63, 3.8) is 0 Å². The van der Waals surface area contributed by atoms with Gasteiger partial charge in [-0.1, -0.05) is 6.92 Å². The molecule has 3 rings (SSSR count). The molecule has 0 N–H and O–H groups in total. The number of aryl methyl sites for hydroxylation is 2. The third kappa shape index (κ3) is 3.20. The monoisotopic (exact) mass is 327 g/mol. The number of aromatic nitrogens is 4. The predicted octanol–water partition coefficient (Wildman–Crippen LogP) is 1.51. The van der Waals surface area contributed by atoms with Crippen LogP contribution in [0.25, 0.3) is 0 Å². The van der Waals surface area contributed by atoms with Crippen LogP contribution in [-0.2, 0) is 13.5 Å². The number of rotatable bonds is 4. The Hall–Kier alpha value is -2.57. The van der Waals surface area contributed by atoms with Crippen LogP contribution in [0.1, 0.15) is 46.6 Å². The molecule has 0 bridgehead atoms. The van der Waals surface area contributed by atoms with Crippen molar-refractivity contribution in [2.45, 2.75) is 26.2 Å². The minimum absolute atomic E-state index is 0.00224. The lowest BCUT2D eigenvalue weighted by Gasteiger charge is -2.31. The summed E-state index contributed by atoms with van der Waals surface area (Å²) < 4.78 is 1.72. The molecule has 7 heteroatoms. The number of ketones is 1. The number of carbonyl (C=O) groups is 2. The highest BCUT2D eigenvalue weighted by Crippen LogP contribution is 2.21. The lowest BCUT2D eigenvalue weighted by molar-refractivity contribution is 0.0632. The molecule has 2 aromatic heterocycles. The maximum atomic E-state index is 12.6. The Bertz CT molecular complexity index is 738. The van der Waals surface area contributed by atoms with Gasteiger partial charge in [0.15, 0.2) is 5.82 Å². The molecule has 0 aliphatic carbocycles. The van der Waals surface area contributed by atoms with Gasteiger partial charge in [0, 0.05) is 57.3 Å². The van der Waals surface area contributed by atoms with Gasteiger partial charge in [-0.05, 0) is 12.8 Å². The van der Waals surface area contributed by atoms with Crippen LogP contribution in [0, 0.1) is 5.92 Å². The van der Waals surface area contributed by atoms with Crippen molar-refractivity contribution in [3.8, 4) is 0 Å². The van der Waals surface area contributed by atoms with Crippen LogP contribution in [0.5, 0.6) is 0 Å². The van der Waals surface area contributed by atoms with Gasteiger partial charge >= 0.3 is 0 Å². The van der Waals surface area contributed by atoms with Crippen LogP contribution < -0.4 is 0 Å². The van der Waals surface area contributed by atoms with Crippen molar-refractivity contribution in [1.82, 2.24) is 24.4 Å². The summed E-state index contributed by atoms with van der Waals surface area (Å²) in [5.74, 6) is 0.838. The predicted molar refractivity (Wildman–Crippen MR) is 87.6 cm³/mol. The molecule has 0 aromatic carbocycles. The molecule has 7 nitrogen and oxygen atoms in total. The fourth-order valence-corrected chi connectivity index (χ4v) is 2.99. The number of hydrogen-bond acceptors (Lipinski definition) is 5. The van der Waals surface area contributed by atoms with Crippen LogP contribution in [0.4, 0.5) is 0 Å². The summed E-state index contributed by atoms with van der Waals surface area (Å²) in [4.78, 5) is 39.5. The van der Waals surface area contributed by atoms with Gasteiger partial charge in [-0.15, -0.1) is 0 Å². The van der Waals surface area contributed by atoms with Gasteiger partial charge in [0.25, 0.3) is 5.91 Å². The SMILES string of the molecule is CCc1ncc(C(=O)N2CCC[C@H](C(=O)c3nccn3C)C2)cn1. The summed E-state index contributed by atoms with van der Waals surface area (Å²) in [6, 6.07) is 0. The van der Waals surface area contributed by atoms with Crippen LogP contribution in [0.2, 0.25) is 0 Å². The number of nitrogens with zero attached hydrogens (tertiary/aromatic N) is 5. The molecule has 24 heavy (non-hydrogen) atoms. The highest BCUT2D eigenvalue weighted by molar-refractivity contribution is 5.97. The highest BCUT2D eigenvalue weighted by atomic mass is 16.2. The fourth-order valence-electron chi connectivity index (χ4n) is 2.99. The molecule has 1 aliphatic heterocycles. The molecule has 1 amide bonds. The van der Waals surface area contributed by atoms with Gasteiger partial charge in [0.05, 0.1) is 5.56 Å². The van der Waals surface area contributed by atoms with Gasteiger partial charge < -0.3 is 9.47 Å². The molecule has 1 saturated heterocycles. The van der Waals surface area contributed by atoms with Crippen LogP contribution in [0.3, 0.4) is 0 Å². The number of likely N-dealkylation sites (tertiary alicyclic amines) is 1. The molecule has 1 atom stereocenters. The van der Waals surface area contributed by atoms with Crippen LogP contribution in [-0.4, -0.2) is 49.2 Å². The maximum Gasteiger partial charge on any atom is 0.257 e. The molecule has 0 unspecified atom stereocenters. The van der Waals surface area contributed by atoms with E-state index in [1.165, 1.54) is 0 Å². The summed E-state index contributed by atoms with van der Waals surface area (Å²) in [5.41, 5.74) is 0.470. The van der Waals surface area contributed by atoms with E-state index < -0.39 is 0 Å². The minimum Gasteiger partial charge on any atom is -0.338 e. The molecule has 2 aromatic rings. The normalized spacial score (nSPS) is 17.8. The topological polar surface area (TPSA) is 81.0 Å². The molecular weight excluding hydrogens is 306 g/mol. The lowest BCUT2D eigenvalue weighted by Crippen LogP contribution is -2.42. The summed E-state index contributed by atoms with van der Waals surface area (Å²) in [6.07, 6.45) is 8.83. The first-order chi connectivity index (χ1) is 11.6. The van der Waals surface area contributed by atoms with Gasteiger partial charge in [-0.3, -0.25) is 9.59 Å². The first-order valence-corrected chi connectivity index (χ1v) is 8.22. The first kappa shape index (κ1) is 16.3. The average Bonchev–Trinajstić information content (AvgIpc) is 3.06. The second-order valence-electron chi connectivity index (χ2n) is 6.06. The minimum atomic E-state index is -0.209. The van der Waals surface area contributed by atoms with E-state index in [-0.39, 0.29) is 17.6 Å². The zero-order valence-corrected chi connectivity index (χ0v) is 14.0. The van der Waals surface area contributed by atoms with Crippen molar-refractivity contribution in [2.24, 2.45) is 13.0 Å². The van der Waals surface area contributed by atoms with Crippen LogP contribution in [0.15, 0.2) is 24.8 Å². The average molecular weight is 327 g/mol. The van der Waals surface area contributed by atoms with Crippen molar-refractivity contribution in [3.05, 3.63) is 42.0 Å². The van der Waals surface area contributed by atoms with E-state index in [2.05, 4.69) is 15.0 Å². The molecule has 0 radical (unpaired) electrons. The summed E-state index contributed by atoms with van der Waals surface area (Å²) >= 11 is 0. The smallest absolute Gasteiger partial charge is 0.257 e. The molecule has 3 heterocycles. The van der Waals surface area contributed by atoms with Crippen molar-refractivity contribution in [1.29, 1.82) is 0 Å². The highest BCUT2D eigenvalue weighted by Gasteiger charge is 2.31. The first-order valence-electron chi connectivity index (χ1n) is 8.22. The van der Waals surface area contributed by atoms with E-state index in [0.29, 0.717) is 30.3 Å².